The molecule has 1 rings (SSSR count). The molecule has 2 nitrogen and oxygen atoms in total. The van der Waals surface area contributed by atoms with Crippen LogP contribution >= 0.6 is 0 Å². The van der Waals surface area contributed by atoms with Gasteiger partial charge in [-0.1, -0.05) is 45.0 Å². The first-order valence-corrected chi connectivity index (χ1v) is 6.37. The maximum absolute atomic E-state index is 10.1. The van der Waals surface area contributed by atoms with Crippen molar-refractivity contribution in [3.05, 3.63) is 35.4 Å². The Labute approximate surface area is 105 Å². The van der Waals surface area contributed by atoms with E-state index in [0.29, 0.717) is 12.3 Å². The molecule has 96 valence electrons. The molecule has 0 saturated heterocycles. The Kier molecular flexibility index (Phi) is 5.66. The van der Waals surface area contributed by atoms with Gasteiger partial charge in [-0.05, 0) is 23.5 Å². The van der Waals surface area contributed by atoms with Crippen LogP contribution in [0, 0.1) is 5.92 Å². The molecule has 1 N–H and O–H groups in total. The maximum atomic E-state index is 10.1. The van der Waals surface area contributed by atoms with E-state index in [4.69, 9.17) is 4.74 Å². The summed E-state index contributed by atoms with van der Waals surface area (Å²) < 4.78 is 5.34. The van der Waals surface area contributed by atoms with Gasteiger partial charge in [-0.25, -0.2) is 0 Å². The Morgan fingerprint density at radius 3 is 2.06 bits per heavy atom. The van der Waals surface area contributed by atoms with Crippen molar-refractivity contribution >= 4 is 0 Å². The summed E-state index contributed by atoms with van der Waals surface area (Å²) >= 11 is 0. The zero-order valence-electron chi connectivity index (χ0n) is 11.3. The zero-order valence-corrected chi connectivity index (χ0v) is 11.3. The largest absolute Gasteiger partial charge is 0.390 e. The number of benzene rings is 1. The van der Waals surface area contributed by atoms with Gasteiger partial charge in [0.15, 0.2) is 0 Å². The van der Waals surface area contributed by atoms with E-state index in [-0.39, 0.29) is 6.10 Å². The molecule has 0 saturated carbocycles. The molecular weight excluding hydrogens is 212 g/mol. The second-order valence-electron chi connectivity index (χ2n) is 4.89. The lowest BCUT2D eigenvalue weighted by Crippen LogP contribution is -2.34. The van der Waals surface area contributed by atoms with Crippen LogP contribution < -0.4 is 0 Å². The van der Waals surface area contributed by atoms with Gasteiger partial charge in [0.2, 0.25) is 0 Å². The number of methoxy groups -OCH3 is 1. The fraction of sp³-hybridized carbons (Fsp3) is 0.600. The van der Waals surface area contributed by atoms with Gasteiger partial charge in [-0.15, -0.1) is 0 Å². The van der Waals surface area contributed by atoms with Crippen molar-refractivity contribution in [1.82, 2.24) is 0 Å². The minimum absolute atomic E-state index is 0.0964. The average molecular weight is 236 g/mol. The van der Waals surface area contributed by atoms with Gasteiger partial charge >= 0.3 is 0 Å². The van der Waals surface area contributed by atoms with Crippen LogP contribution in [-0.2, 0) is 17.6 Å². The number of rotatable bonds is 6. The van der Waals surface area contributed by atoms with E-state index in [0.717, 1.165) is 12.0 Å². The molecule has 0 bridgehead atoms. The molecule has 0 amide bonds. The van der Waals surface area contributed by atoms with Crippen molar-refractivity contribution in [2.45, 2.75) is 45.8 Å². The van der Waals surface area contributed by atoms with Crippen LogP contribution in [0.1, 0.15) is 31.9 Å². The molecule has 0 aromatic heterocycles. The van der Waals surface area contributed by atoms with E-state index in [1.807, 2.05) is 0 Å². The Morgan fingerprint density at radius 2 is 1.65 bits per heavy atom. The Bertz CT molecular complexity index is 316. The Morgan fingerprint density at radius 1 is 1.12 bits per heavy atom. The summed E-state index contributed by atoms with van der Waals surface area (Å²) in [5, 5.41) is 10.1. The fourth-order valence-corrected chi connectivity index (χ4v) is 2.14. The van der Waals surface area contributed by atoms with E-state index < -0.39 is 6.10 Å². The molecule has 0 heterocycles. The topological polar surface area (TPSA) is 29.5 Å². The van der Waals surface area contributed by atoms with Crippen LogP contribution in [0.5, 0.6) is 0 Å². The van der Waals surface area contributed by atoms with E-state index in [2.05, 4.69) is 45.0 Å². The second-order valence-corrected chi connectivity index (χ2v) is 4.89. The van der Waals surface area contributed by atoms with Crippen LogP contribution in [-0.4, -0.2) is 24.4 Å². The fourth-order valence-electron chi connectivity index (χ4n) is 2.14. The van der Waals surface area contributed by atoms with Crippen LogP contribution in [0.3, 0.4) is 0 Å². The smallest absolute Gasteiger partial charge is 0.0856 e. The molecule has 2 heteroatoms. The van der Waals surface area contributed by atoms with E-state index in [9.17, 15) is 5.11 Å². The van der Waals surface area contributed by atoms with Crippen molar-refractivity contribution in [3.63, 3.8) is 0 Å². The van der Waals surface area contributed by atoms with Crippen molar-refractivity contribution in [2.75, 3.05) is 7.11 Å². The number of aliphatic hydroxyl groups is 1. The highest BCUT2D eigenvalue weighted by Gasteiger charge is 2.22. The van der Waals surface area contributed by atoms with Crippen LogP contribution in [0.4, 0.5) is 0 Å². The molecule has 0 aliphatic rings. The highest BCUT2D eigenvalue weighted by molar-refractivity contribution is 5.23. The predicted molar refractivity (Wildman–Crippen MR) is 71.2 cm³/mol. The van der Waals surface area contributed by atoms with Crippen molar-refractivity contribution in [3.8, 4) is 0 Å². The summed E-state index contributed by atoms with van der Waals surface area (Å²) in [6, 6.07) is 8.43. The number of aryl methyl sites for hydroxylation is 1. The minimum Gasteiger partial charge on any atom is -0.390 e. The van der Waals surface area contributed by atoms with Gasteiger partial charge in [0, 0.05) is 13.5 Å². The molecule has 2 unspecified atom stereocenters. The average Bonchev–Trinajstić information content (AvgIpc) is 2.30. The predicted octanol–water partition coefficient (Wildman–Crippen LogP) is 2.82. The van der Waals surface area contributed by atoms with Crippen LogP contribution in [0.15, 0.2) is 24.3 Å². The molecule has 0 aliphatic carbocycles. The molecule has 17 heavy (non-hydrogen) atoms. The lowest BCUT2D eigenvalue weighted by Gasteiger charge is -2.25. The maximum Gasteiger partial charge on any atom is 0.0856 e. The van der Waals surface area contributed by atoms with Gasteiger partial charge in [0.25, 0.3) is 0 Å². The van der Waals surface area contributed by atoms with Crippen molar-refractivity contribution < 1.29 is 9.84 Å². The lowest BCUT2D eigenvalue weighted by atomic mass is 9.96. The van der Waals surface area contributed by atoms with E-state index in [1.54, 1.807) is 7.11 Å². The molecule has 2 atom stereocenters. The first kappa shape index (κ1) is 14.2. The van der Waals surface area contributed by atoms with Gasteiger partial charge in [-0.2, -0.15) is 0 Å². The van der Waals surface area contributed by atoms with Gasteiger partial charge in [-0.3, -0.25) is 0 Å². The van der Waals surface area contributed by atoms with E-state index in [1.165, 1.54) is 5.56 Å². The Hall–Kier alpha value is -0.860. The summed E-state index contributed by atoms with van der Waals surface area (Å²) in [5.74, 6) is 0.324. The summed E-state index contributed by atoms with van der Waals surface area (Å²) in [7, 11) is 1.66. The minimum atomic E-state index is -0.438. The SMILES string of the molecule is CCc1ccc(CC(O)C(OC)C(C)C)cc1. The molecule has 1 aromatic carbocycles. The summed E-state index contributed by atoms with van der Waals surface area (Å²) in [6.45, 7) is 6.28. The molecule has 0 spiro atoms. The third kappa shape index (κ3) is 4.14. The van der Waals surface area contributed by atoms with Gasteiger partial charge in [0.1, 0.15) is 0 Å². The molecular formula is C15H24O2. The summed E-state index contributed by atoms with van der Waals surface area (Å²) in [6.07, 6.45) is 1.17. The van der Waals surface area contributed by atoms with Crippen LogP contribution in [0.2, 0.25) is 0 Å². The van der Waals surface area contributed by atoms with Crippen LogP contribution in [0.25, 0.3) is 0 Å². The quantitative estimate of drug-likeness (QED) is 0.823. The first-order chi connectivity index (χ1) is 8.08. The Balaban J connectivity index is 2.63. The van der Waals surface area contributed by atoms with Gasteiger partial charge < -0.3 is 9.84 Å². The summed E-state index contributed by atoms with van der Waals surface area (Å²) in [5.41, 5.74) is 2.49. The number of ether oxygens (including phenoxy) is 1. The molecule has 0 fully saturated rings. The molecule has 0 radical (unpaired) electrons. The third-order valence-electron chi connectivity index (χ3n) is 3.18. The summed E-state index contributed by atoms with van der Waals surface area (Å²) in [4.78, 5) is 0. The highest BCUT2D eigenvalue weighted by atomic mass is 16.5. The number of hydrogen-bond donors (Lipinski definition) is 1. The first-order valence-electron chi connectivity index (χ1n) is 6.37. The monoisotopic (exact) mass is 236 g/mol. The number of aliphatic hydroxyl groups excluding tert-OH is 1. The second kappa shape index (κ2) is 6.77. The molecule has 0 aliphatic heterocycles. The standard InChI is InChI=1S/C15H24O2/c1-5-12-6-8-13(9-7-12)10-14(16)15(17-4)11(2)3/h6-9,11,14-16H,5,10H2,1-4H3. The lowest BCUT2D eigenvalue weighted by molar-refractivity contribution is -0.0367. The number of hydrogen-bond acceptors (Lipinski definition) is 2. The van der Waals surface area contributed by atoms with Crippen molar-refractivity contribution in [1.29, 1.82) is 0 Å². The van der Waals surface area contributed by atoms with E-state index >= 15 is 0 Å². The third-order valence-corrected chi connectivity index (χ3v) is 3.18. The normalized spacial score (nSPS) is 14.9. The zero-order chi connectivity index (χ0) is 12.8. The highest BCUT2D eigenvalue weighted by Crippen LogP contribution is 2.15. The molecule has 1 aromatic rings. The van der Waals surface area contributed by atoms with Gasteiger partial charge in [0.05, 0.1) is 12.2 Å². The van der Waals surface area contributed by atoms with Crippen molar-refractivity contribution in [2.24, 2.45) is 5.92 Å².